The van der Waals surface area contributed by atoms with Crippen molar-refractivity contribution >= 4 is 5.97 Å². The molecular weight excluding hydrogens is 320 g/mol. The Balaban J connectivity index is 2.07. The smallest absolute Gasteiger partial charge is 0.375 e. The number of aliphatic hydroxyl groups is 2. The predicted octanol–water partition coefficient (Wildman–Crippen LogP) is 2.76. The molecule has 0 aromatic heterocycles. The van der Waals surface area contributed by atoms with E-state index in [2.05, 4.69) is 37.3 Å². The van der Waals surface area contributed by atoms with Gasteiger partial charge in [0.15, 0.2) is 0 Å². The van der Waals surface area contributed by atoms with E-state index in [0.717, 1.165) is 5.56 Å². The van der Waals surface area contributed by atoms with Crippen molar-refractivity contribution in [1.82, 2.24) is 0 Å². The third-order valence-corrected chi connectivity index (χ3v) is 3.94. The largest absolute Gasteiger partial charge is 0.450 e. The highest BCUT2D eigenvalue weighted by molar-refractivity contribution is 5.86. The fraction of sp³-hybridized carbons (Fsp3) is 0.250. The Hall–Kier alpha value is -2.63. The first-order valence-corrected chi connectivity index (χ1v) is 7.87. The minimum absolute atomic E-state index is 0.180. The Kier molecular flexibility index (Phi) is 5.96. The molecule has 1 unspecified atom stereocenters. The monoisotopic (exact) mass is 342 g/mol. The highest BCUT2D eigenvalue weighted by Crippen LogP contribution is 2.32. The van der Waals surface area contributed by atoms with E-state index in [1.165, 1.54) is 5.56 Å². The molecule has 1 atom stereocenters. The maximum Gasteiger partial charge on any atom is 0.375 e. The third kappa shape index (κ3) is 4.68. The number of carbonyl (C=O) groups is 1. The zero-order chi connectivity index (χ0) is 18.4. The van der Waals surface area contributed by atoms with Gasteiger partial charge in [-0.05, 0) is 29.8 Å². The zero-order valence-corrected chi connectivity index (χ0v) is 14.3. The first-order chi connectivity index (χ1) is 11.8. The van der Waals surface area contributed by atoms with Crippen molar-refractivity contribution in [3.63, 3.8) is 0 Å². The van der Waals surface area contributed by atoms with E-state index in [1.54, 1.807) is 12.1 Å². The topological polar surface area (TPSA) is 76.0 Å². The molecule has 0 aliphatic carbocycles. The summed E-state index contributed by atoms with van der Waals surface area (Å²) < 4.78 is 9.84. The molecule has 2 aromatic carbocycles. The molecule has 2 N–H and O–H groups in total. The fourth-order valence-corrected chi connectivity index (χ4v) is 2.37. The van der Waals surface area contributed by atoms with Gasteiger partial charge in [-0.25, -0.2) is 4.79 Å². The van der Waals surface area contributed by atoms with Crippen LogP contribution in [0.2, 0.25) is 0 Å². The van der Waals surface area contributed by atoms with Crippen LogP contribution in [-0.2, 0) is 14.9 Å². The summed E-state index contributed by atoms with van der Waals surface area (Å²) >= 11 is 0. The number of aliphatic hydroxyl groups excluding tert-OH is 2. The Morgan fingerprint density at radius 2 is 1.64 bits per heavy atom. The van der Waals surface area contributed by atoms with Crippen LogP contribution in [0.15, 0.2) is 66.9 Å². The van der Waals surface area contributed by atoms with Crippen LogP contribution in [0.25, 0.3) is 0 Å². The van der Waals surface area contributed by atoms with Gasteiger partial charge in [0.2, 0.25) is 12.0 Å². The highest BCUT2D eigenvalue weighted by Gasteiger charge is 2.23. The normalized spacial score (nSPS) is 12.3. The van der Waals surface area contributed by atoms with Crippen molar-refractivity contribution in [1.29, 1.82) is 0 Å². The van der Waals surface area contributed by atoms with Crippen LogP contribution >= 0.6 is 0 Å². The summed E-state index contributed by atoms with van der Waals surface area (Å²) in [5, 5.41) is 17.7. The molecule has 25 heavy (non-hydrogen) atoms. The minimum Gasteiger partial charge on any atom is -0.450 e. The van der Waals surface area contributed by atoms with Gasteiger partial charge in [0.1, 0.15) is 12.4 Å². The molecule has 0 bridgehead atoms. The molecule has 5 nitrogen and oxygen atoms in total. The second kappa shape index (κ2) is 7.96. The molecule has 2 rings (SSSR count). The van der Waals surface area contributed by atoms with Gasteiger partial charge in [0.05, 0.1) is 0 Å². The summed E-state index contributed by atoms with van der Waals surface area (Å²) in [6.45, 7) is 7.03. The summed E-state index contributed by atoms with van der Waals surface area (Å²) in [6.07, 6.45) is -1.60. The minimum atomic E-state index is -1.60. The van der Waals surface area contributed by atoms with Crippen LogP contribution in [0.1, 0.15) is 25.0 Å². The number of benzene rings is 2. The van der Waals surface area contributed by atoms with Crippen molar-refractivity contribution < 1.29 is 24.5 Å². The van der Waals surface area contributed by atoms with Crippen molar-refractivity contribution in [3.8, 4) is 5.75 Å². The van der Waals surface area contributed by atoms with Gasteiger partial charge in [0.25, 0.3) is 0 Å². The summed E-state index contributed by atoms with van der Waals surface area (Å²) in [6, 6.07) is 17.5. The van der Waals surface area contributed by atoms with Gasteiger partial charge in [0, 0.05) is 5.41 Å². The molecule has 0 amide bonds. The molecule has 5 heteroatoms. The van der Waals surface area contributed by atoms with Crippen LogP contribution in [0.4, 0.5) is 0 Å². The molecule has 0 aliphatic heterocycles. The average Bonchev–Trinajstić information content (AvgIpc) is 2.62. The van der Waals surface area contributed by atoms with Crippen LogP contribution in [0.3, 0.4) is 0 Å². The van der Waals surface area contributed by atoms with Crippen molar-refractivity contribution in [2.45, 2.75) is 25.6 Å². The Morgan fingerprint density at radius 1 is 1.08 bits per heavy atom. The van der Waals surface area contributed by atoms with Crippen LogP contribution in [0, 0.1) is 0 Å². The van der Waals surface area contributed by atoms with Gasteiger partial charge in [-0.1, -0.05) is 56.3 Å². The highest BCUT2D eigenvalue weighted by atomic mass is 16.7. The van der Waals surface area contributed by atoms with E-state index in [0.29, 0.717) is 5.75 Å². The van der Waals surface area contributed by atoms with E-state index in [9.17, 15) is 4.79 Å². The number of hydrogen-bond acceptors (Lipinski definition) is 5. The lowest BCUT2D eigenvalue weighted by molar-refractivity contribution is -0.171. The number of rotatable bonds is 7. The number of hydrogen-bond donors (Lipinski definition) is 2. The van der Waals surface area contributed by atoms with E-state index in [4.69, 9.17) is 14.9 Å². The van der Waals surface area contributed by atoms with Gasteiger partial charge in [-0.2, -0.15) is 0 Å². The number of esters is 1. The summed E-state index contributed by atoms with van der Waals surface area (Å²) in [5.74, 6) is -0.786. The third-order valence-electron chi connectivity index (χ3n) is 3.94. The van der Waals surface area contributed by atoms with Gasteiger partial charge >= 0.3 is 5.97 Å². The maximum atomic E-state index is 11.6. The van der Waals surface area contributed by atoms with Crippen LogP contribution in [0.5, 0.6) is 5.75 Å². The Bertz CT molecular complexity index is 720. The van der Waals surface area contributed by atoms with E-state index in [1.807, 2.05) is 30.3 Å². The number of ether oxygens (including phenoxy) is 2. The van der Waals surface area contributed by atoms with Crippen LogP contribution in [-0.4, -0.2) is 29.1 Å². The summed E-state index contributed by atoms with van der Waals surface area (Å²) in [5.41, 5.74) is 2.10. The Labute approximate surface area is 147 Å². The lowest BCUT2D eigenvalue weighted by Crippen LogP contribution is -2.23. The molecule has 132 valence electrons. The molecule has 0 radical (unpaired) electrons. The van der Waals surface area contributed by atoms with Crippen molar-refractivity contribution in [3.05, 3.63) is 78.1 Å². The first kappa shape index (κ1) is 18.7. The second-order valence-corrected chi connectivity index (χ2v) is 6.08. The SMILES string of the molecule is C=C(Oc1ccc(C(C)(C)c2ccccc2)cc1)C(=O)OC(O)CO. The first-order valence-electron chi connectivity index (χ1n) is 7.87. The molecule has 0 spiro atoms. The van der Waals surface area contributed by atoms with Gasteiger partial charge in [-0.15, -0.1) is 0 Å². The molecule has 2 aromatic rings. The van der Waals surface area contributed by atoms with E-state index >= 15 is 0 Å². The molecule has 0 saturated carbocycles. The lowest BCUT2D eigenvalue weighted by atomic mass is 9.78. The number of carbonyl (C=O) groups excluding carboxylic acids is 1. The molecular formula is C20H22O5. The lowest BCUT2D eigenvalue weighted by Gasteiger charge is -2.26. The Morgan fingerprint density at radius 3 is 2.20 bits per heavy atom. The molecule has 0 saturated heterocycles. The summed E-state index contributed by atoms with van der Waals surface area (Å²) in [4.78, 5) is 11.6. The second-order valence-electron chi connectivity index (χ2n) is 6.08. The fourth-order valence-electron chi connectivity index (χ4n) is 2.37. The predicted molar refractivity (Wildman–Crippen MR) is 94.0 cm³/mol. The van der Waals surface area contributed by atoms with Crippen LogP contribution < -0.4 is 4.74 Å². The van der Waals surface area contributed by atoms with Crippen molar-refractivity contribution in [2.75, 3.05) is 6.61 Å². The van der Waals surface area contributed by atoms with Crippen molar-refractivity contribution in [2.24, 2.45) is 0 Å². The zero-order valence-electron chi connectivity index (χ0n) is 14.3. The van der Waals surface area contributed by atoms with Gasteiger partial charge in [-0.3, -0.25) is 0 Å². The van der Waals surface area contributed by atoms with E-state index in [-0.39, 0.29) is 11.2 Å². The maximum absolute atomic E-state index is 11.6. The average molecular weight is 342 g/mol. The quantitative estimate of drug-likeness (QED) is 0.350. The molecule has 0 fully saturated rings. The summed E-state index contributed by atoms with van der Waals surface area (Å²) in [7, 11) is 0. The molecule has 0 aliphatic rings. The standard InChI is InChI=1S/C20H22O5/c1-14(19(23)25-18(22)13-21)24-17-11-9-16(10-12-17)20(2,3)15-7-5-4-6-8-15/h4-12,18,21-22H,1,13H2,2-3H3. The molecule has 0 heterocycles. The van der Waals surface area contributed by atoms with Gasteiger partial charge < -0.3 is 19.7 Å². The van der Waals surface area contributed by atoms with E-state index < -0.39 is 18.9 Å².